The molecule has 2 heterocycles. The lowest BCUT2D eigenvalue weighted by atomic mass is 9.84. The zero-order valence-electron chi connectivity index (χ0n) is 9.74. The van der Waals surface area contributed by atoms with E-state index < -0.39 is 24.4 Å². The molecule has 1 fully saturated rings. The summed E-state index contributed by atoms with van der Waals surface area (Å²) >= 11 is 0. The van der Waals surface area contributed by atoms with Crippen LogP contribution in [0.25, 0.3) is 0 Å². The Kier molecular flexibility index (Phi) is 2.76. The summed E-state index contributed by atoms with van der Waals surface area (Å²) in [4.78, 5) is 0. The lowest BCUT2D eigenvalue weighted by Crippen LogP contribution is -2.39. The molecule has 5 nitrogen and oxygen atoms in total. The number of rotatable bonds is 3. The second-order valence-electron chi connectivity index (χ2n) is 5.02. The first kappa shape index (κ1) is 11.6. The van der Waals surface area contributed by atoms with Gasteiger partial charge < -0.3 is 24.8 Å². The molecule has 6 atom stereocenters. The van der Waals surface area contributed by atoms with Crippen molar-refractivity contribution >= 4 is 0 Å². The van der Waals surface area contributed by atoms with Crippen molar-refractivity contribution in [1.29, 1.82) is 0 Å². The Morgan fingerprint density at radius 2 is 2.00 bits per heavy atom. The SMILES string of the molecule is CCC[C@H](O)[C@H]1OCC2=C1[C@@H](O)[C@H]1O[C@@H]1[C@H]2O. The Bertz CT molecular complexity index is 353. The number of hydrogen-bond acceptors (Lipinski definition) is 5. The van der Waals surface area contributed by atoms with Gasteiger partial charge in [-0.2, -0.15) is 0 Å². The summed E-state index contributed by atoms with van der Waals surface area (Å²) in [6, 6.07) is 0. The number of hydrogen-bond donors (Lipinski definition) is 3. The molecule has 5 heteroatoms. The van der Waals surface area contributed by atoms with Gasteiger partial charge in [-0.15, -0.1) is 0 Å². The molecule has 0 aromatic heterocycles. The molecule has 96 valence electrons. The average Bonchev–Trinajstić information content (AvgIpc) is 2.98. The van der Waals surface area contributed by atoms with Gasteiger partial charge in [0, 0.05) is 0 Å². The molecule has 1 saturated heterocycles. The van der Waals surface area contributed by atoms with E-state index >= 15 is 0 Å². The first-order chi connectivity index (χ1) is 8.15. The standard InChI is InChI=1S/C12H18O5/c1-2-3-6(13)10-7-5(4-16-10)8(14)11-12(17-11)9(7)15/h6,8-15H,2-4H2,1H3/t6-,8-,9+,10+,11+,12+/m0/s1. The molecule has 1 aliphatic carbocycles. The maximum Gasteiger partial charge on any atom is 0.117 e. The lowest BCUT2D eigenvalue weighted by molar-refractivity contribution is -0.00843. The summed E-state index contributed by atoms with van der Waals surface area (Å²) in [5, 5.41) is 30.1. The quantitative estimate of drug-likeness (QED) is 0.452. The summed E-state index contributed by atoms with van der Waals surface area (Å²) in [6.45, 7) is 2.27. The Balaban J connectivity index is 1.85. The average molecular weight is 242 g/mol. The predicted octanol–water partition coefficient (Wildman–Crippen LogP) is -0.654. The molecule has 0 unspecified atom stereocenters. The maximum absolute atomic E-state index is 10.1. The third-order valence-electron chi connectivity index (χ3n) is 3.89. The number of aliphatic hydroxyl groups excluding tert-OH is 3. The highest BCUT2D eigenvalue weighted by Gasteiger charge is 2.58. The molecule has 3 N–H and O–H groups in total. The molecule has 3 rings (SSSR count). The van der Waals surface area contributed by atoms with Crippen molar-refractivity contribution in [2.45, 2.75) is 56.4 Å². The zero-order valence-corrected chi connectivity index (χ0v) is 9.74. The lowest BCUT2D eigenvalue weighted by Gasteiger charge is -2.26. The van der Waals surface area contributed by atoms with Crippen LogP contribution in [-0.4, -0.2) is 58.6 Å². The number of aliphatic hydroxyl groups is 3. The Labute approximate surface area is 99.7 Å². The van der Waals surface area contributed by atoms with Gasteiger partial charge in [0.2, 0.25) is 0 Å². The summed E-state index contributed by atoms with van der Waals surface area (Å²) in [7, 11) is 0. The van der Waals surface area contributed by atoms with Crippen molar-refractivity contribution < 1.29 is 24.8 Å². The van der Waals surface area contributed by atoms with Gasteiger partial charge in [-0.25, -0.2) is 0 Å². The van der Waals surface area contributed by atoms with Gasteiger partial charge in [0.15, 0.2) is 0 Å². The van der Waals surface area contributed by atoms with Crippen molar-refractivity contribution in [2.75, 3.05) is 6.61 Å². The molecular formula is C12H18O5. The van der Waals surface area contributed by atoms with Gasteiger partial charge >= 0.3 is 0 Å². The van der Waals surface area contributed by atoms with E-state index in [2.05, 4.69) is 0 Å². The Morgan fingerprint density at radius 3 is 2.71 bits per heavy atom. The van der Waals surface area contributed by atoms with Gasteiger partial charge in [-0.1, -0.05) is 13.3 Å². The molecule has 0 radical (unpaired) electrons. The van der Waals surface area contributed by atoms with Gasteiger partial charge in [0.25, 0.3) is 0 Å². The van der Waals surface area contributed by atoms with E-state index in [-0.39, 0.29) is 18.8 Å². The molecular weight excluding hydrogens is 224 g/mol. The van der Waals surface area contributed by atoms with Crippen LogP contribution >= 0.6 is 0 Å². The van der Waals surface area contributed by atoms with Gasteiger partial charge in [-0.05, 0) is 17.6 Å². The van der Waals surface area contributed by atoms with E-state index in [9.17, 15) is 15.3 Å². The van der Waals surface area contributed by atoms with E-state index in [1.54, 1.807) is 0 Å². The summed E-state index contributed by atoms with van der Waals surface area (Å²) in [5.74, 6) is 0. The summed E-state index contributed by atoms with van der Waals surface area (Å²) in [5.41, 5.74) is 1.36. The van der Waals surface area contributed by atoms with Gasteiger partial charge in [-0.3, -0.25) is 0 Å². The van der Waals surface area contributed by atoms with Crippen molar-refractivity contribution in [2.24, 2.45) is 0 Å². The Hall–Kier alpha value is -0.460. The summed E-state index contributed by atoms with van der Waals surface area (Å²) < 4.78 is 10.8. The van der Waals surface area contributed by atoms with Gasteiger partial charge in [0.05, 0.1) is 12.7 Å². The topological polar surface area (TPSA) is 82.5 Å². The van der Waals surface area contributed by atoms with Crippen LogP contribution in [-0.2, 0) is 9.47 Å². The van der Waals surface area contributed by atoms with E-state index in [4.69, 9.17) is 9.47 Å². The van der Waals surface area contributed by atoms with E-state index in [1.165, 1.54) is 0 Å². The van der Waals surface area contributed by atoms with Crippen molar-refractivity contribution in [3.63, 3.8) is 0 Å². The van der Waals surface area contributed by atoms with Crippen LogP contribution in [0, 0.1) is 0 Å². The van der Waals surface area contributed by atoms with Crippen molar-refractivity contribution in [1.82, 2.24) is 0 Å². The third-order valence-corrected chi connectivity index (χ3v) is 3.89. The molecule has 0 aromatic rings. The predicted molar refractivity (Wildman–Crippen MR) is 58.4 cm³/mol. The smallest absolute Gasteiger partial charge is 0.117 e. The molecule has 17 heavy (non-hydrogen) atoms. The second-order valence-corrected chi connectivity index (χ2v) is 5.02. The second kappa shape index (κ2) is 4.03. The van der Waals surface area contributed by atoms with Crippen LogP contribution in [0.15, 0.2) is 11.1 Å². The maximum atomic E-state index is 10.1. The van der Waals surface area contributed by atoms with E-state index in [0.717, 1.165) is 6.42 Å². The highest BCUT2D eigenvalue weighted by atomic mass is 16.6. The van der Waals surface area contributed by atoms with Crippen LogP contribution in [0.3, 0.4) is 0 Å². The zero-order chi connectivity index (χ0) is 12.2. The molecule has 0 aromatic carbocycles. The van der Waals surface area contributed by atoms with Gasteiger partial charge in [0.1, 0.15) is 30.5 Å². The minimum absolute atomic E-state index is 0.283. The van der Waals surface area contributed by atoms with Crippen LogP contribution in [0.5, 0.6) is 0 Å². The van der Waals surface area contributed by atoms with Crippen LogP contribution in [0.4, 0.5) is 0 Å². The van der Waals surface area contributed by atoms with Crippen molar-refractivity contribution in [3.05, 3.63) is 11.1 Å². The fourth-order valence-electron chi connectivity index (χ4n) is 2.93. The largest absolute Gasteiger partial charge is 0.390 e. The fourth-order valence-corrected chi connectivity index (χ4v) is 2.93. The highest BCUT2D eigenvalue weighted by Crippen LogP contribution is 2.45. The normalized spacial score (nSPS) is 45.5. The van der Waals surface area contributed by atoms with E-state index in [0.29, 0.717) is 17.6 Å². The molecule has 0 bridgehead atoms. The highest BCUT2D eigenvalue weighted by molar-refractivity contribution is 5.39. The minimum Gasteiger partial charge on any atom is -0.390 e. The minimum atomic E-state index is -0.739. The van der Waals surface area contributed by atoms with Crippen molar-refractivity contribution in [3.8, 4) is 0 Å². The molecule has 3 aliphatic rings. The number of fused-ring (bicyclic) bond motifs is 1. The first-order valence-electron chi connectivity index (χ1n) is 6.19. The van der Waals surface area contributed by atoms with Crippen LogP contribution < -0.4 is 0 Å². The molecule has 0 saturated carbocycles. The van der Waals surface area contributed by atoms with Crippen LogP contribution in [0.1, 0.15) is 19.8 Å². The third kappa shape index (κ3) is 1.65. The molecule has 0 spiro atoms. The number of ether oxygens (including phenoxy) is 2. The number of epoxide rings is 1. The fraction of sp³-hybridized carbons (Fsp3) is 0.833. The van der Waals surface area contributed by atoms with E-state index in [1.807, 2.05) is 6.92 Å². The summed E-state index contributed by atoms with van der Waals surface area (Å²) in [6.07, 6.45) is -1.65. The first-order valence-corrected chi connectivity index (χ1v) is 6.19. The monoisotopic (exact) mass is 242 g/mol. The molecule has 2 aliphatic heterocycles. The molecule has 0 amide bonds. The van der Waals surface area contributed by atoms with Crippen LogP contribution in [0.2, 0.25) is 0 Å². The Morgan fingerprint density at radius 1 is 1.29 bits per heavy atom.